The number of cyclic esters (lactones) is 1. The molecule has 2 nitrogen and oxygen atoms in total. The summed E-state index contributed by atoms with van der Waals surface area (Å²) in [5.41, 5.74) is 0. The molecule has 0 aromatic carbocycles. The zero-order chi connectivity index (χ0) is 15.3. The zero-order valence-corrected chi connectivity index (χ0v) is 14.3. The molecule has 0 radical (unpaired) electrons. The van der Waals surface area contributed by atoms with E-state index in [-0.39, 0.29) is 12.1 Å². The SMILES string of the molecule is CCC1CC(CC)C2C3CC(CC3CCC3CCC(=O)O3)C12. The van der Waals surface area contributed by atoms with Gasteiger partial charge in [-0.1, -0.05) is 26.7 Å². The van der Waals surface area contributed by atoms with Gasteiger partial charge in [0.25, 0.3) is 0 Å². The molecular formula is C20H32O2. The Morgan fingerprint density at radius 3 is 2.41 bits per heavy atom. The minimum atomic E-state index is 0.0330. The number of rotatable bonds is 5. The lowest BCUT2D eigenvalue weighted by atomic mass is 9.69. The maximum atomic E-state index is 11.3. The highest BCUT2D eigenvalue weighted by Crippen LogP contribution is 2.66. The summed E-state index contributed by atoms with van der Waals surface area (Å²) in [6, 6.07) is 0. The fourth-order valence-corrected chi connectivity index (χ4v) is 7.05. The van der Waals surface area contributed by atoms with Crippen molar-refractivity contribution in [3.05, 3.63) is 0 Å². The predicted octanol–water partition coefficient (Wildman–Crippen LogP) is 4.82. The van der Waals surface area contributed by atoms with Crippen LogP contribution in [0, 0.1) is 41.4 Å². The van der Waals surface area contributed by atoms with Crippen LogP contribution >= 0.6 is 0 Å². The fourth-order valence-electron chi connectivity index (χ4n) is 7.05. The Morgan fingerprint density at radius 2 is 1.73 bits per heavy atom. The summed E-state index contributed by atoms with van der Waals surface area (Å²) in [6.07, 6.45) is 11.6. The Labute approximate surface area is 135 Å². The molecule has 0 aromatic rings. The van der Waals surface area contributed by atoms with E-state index in [4.69, 9.17) is 4.74 Å². The molecule has 8 atom stereocenters. The van der Waals surface area contributed by atoms with E-state index in [1.165, 1.54) is 38.5 Å². The lowest BCUT2D eigenvalue weighted by Gasteiger charge is -2.36. The molecule has 3 saturated carbocycles. The molecule has 0 aromatic heterocycles. The van der Waals surface area contributed by atoms with Crippen molar-refractivity contribution in [1.29, 1.82) is 0 Å². The maximum absolute atomic E-state index is 11.3. The first-order chi connectivity index (χ1) is 10.7. The number of fused-ring (bicyclic) bond motifs is 5. The normalized spacial score (nSPS) is 49.6. The molecule has 2 heteroatoms. The maximum Gasteiger partial charge on any atom is 0.306 e. The first-order valence-corrected chi connectivity index (χ1v) is 9.90. The second-order valence-electron chi connectivity index (χ2n) is 8.61. The van der Waals surface area contributed by atoms with Gasteiger partial charge in [-0.2, -0.15) is 0 Å². The second kappa shape index (κ2) is 5.83. The third-order valence-electron chi connectivity index (χ3n) is 7.84. The molecule has 1 aliphatic heterocycles. The van der Waals surface area contributed by atoms with Gasteiger partial charge in [0.2, 0.25) is 0 Å². The highest BCUT2D eigenvalue weighted by molar-refractivity contribution is 5.71. The van der Waals surface area contributed by atoms with Crippen molar-refractivity contribution in [3.8, 4) is 0 Å². The first-order valence-electron chi connectivity index (χ1n) is 9.90. The van der Waals surface area contributed by atoms with E-state index in [0.29, 0.717) is 6.42 Å². The molecule has 0 N–H and O–H groups in total. The molecular weight excluding hydrogens is 272 g/mol. The van der Waals surface area contributed by atoms with Gasteiger partial charge in [-0.3, -0.25) is 4.79 Å². The van der Waals surface area contributed by atoms with Crippen LogP contribution in [0.25, 0.3) is 0 Å². The minimum Gasteiger partial charge on any atom is -0.462 e. The van der Waals surface area contributed by atoms with Gasteiger partial charge in [0.05, 0.1) is 0 Å². The van der Waals surface area contributed by atoms with Gasteiger partial charge in [0.1, 0.15) is 6.10 Å². The topological polar surface area (TPSA) is 26.3 Å². The molecule has 1 saturated heterocycles. The lowest BCUT2D eigenvalue weighted by Crippen LogP contribution is -2.30. The monoisotopic (exact) mass is 304 g/mol. The molecule has 3 aliphatic carbocycles. The number of carbonyl (C=O) groups excluding carboxylic acids is 1. The van der Waals surface area contributed by atoms with Gasteiger partial charge in [0.15, 0.2) is 0 Å². The van der Waals surface area contributed by atoms with Crippen LogP contribution in [-0.4, -0.2) is 12.1 Å². The molecule has 1 heterocycles. The number of carbonyl (C=O) groups is 1. The van der Waals surface area contributed by atoms with Gasteiger partial charge in [-0.05, 0) is 80.0 Å². The largest absolute Gasteiger partial charge is 0.462 e. The number of esters is 1. The molecule has 4 fully saturated rings. The quantitative estimate of drug-likeness (QED) is 0.681. The number of ether oxygens (including phenoxy) is 1. The standard InChI is InChI=1S/C20H32O2/c1-3-12-9-13(4-2)20-17-11-15(19(12)20)10-14(17)5-6-16-7-8-18(21)22-16/h12-17,19-20H,3-11H2,1-2H3. The smallest absolute Gasteiger partial charge is 0.306 e. The van der Waals surface area contributed by atoms with Crippen molar-refractivity contribution in [1.82, 2.24) is 0 Å². The van der Waals surface area contributed by atoms with Crippen LogP contribution in [0.5, 0.6) is 0 Å². The molecule has 0 amide bonds. The van der Waals surface area contributed by atoms with E-state index in [0.717, 1.165) is 54.3 Å². The van der Waals surface area contributed by atoms with E-state index < -0.39 is 0 Å². The fraction of sp³-hybridized carbons (Fsp3) is 0.950. The summed E-state index contributed by atoms with van der Waals surface area (Å²) in [5, 5.41) is 0. The third kappa shape index (κ3) is 2.32. The Balaban J connectivity index is 1.39. The summed E-state index contributed by atoms with van der Waals surface area (Å²) in [7, 11) is 0. The van der Waals surface area contributed by atoms with E-state index >= 15 is 0 Å². The van der Waals surface area contributed by atoms with Crippen molar-refractivity contribution in [2.75, 3.05) is 0 Å². The summed E-state index contributed by atoms with van der Waals surface area (Å²) in [5.74, 6) is 7.17. The molecule has 8 unspecified atom stereocenters. The van der Waals surface area contributed by atoms with E-state index in [1.54, 1.807) is 0 Å². The van der Waals surface area contributed by atoms with Crippen LogP contribution < -0.4 is 0 Å². The summed E-state index contributed by atoms with van der Waals surface area (Å²) in [6.45, 7) is 4.83. The molecule has 22 heavy (non-hydrogen) atoms. The van der Waals surface area contributed by atoms with Crippen molar-refractivity contribution < 1.29 is 9.53 Å². The Morgan fingerprint density at radius 1 is 0.955 bits per heavy atom. The van der Waals surface area contributed by atoms with Crippen molar-refractivity contribution in [2.45, 2.75) is 77.7 Å². The molecule has 124 valence electrons. The van der Waals surface area contributed by atoms with E-state index in [1.807, 2.05) is 0 Å². The van der Waals surface area contributed by atoms with Crippen molar-refractivity contribution >= 4 is 5.97 Å². The Kier molecular flexibility index (Phi) is 3.98. The average Bonchev–Trinajstić information content (AvgIpc) is 3.25. The summed E-state index contributed by atoms with van der Waals surface area (Å²) >= 11 is 0. The van der Waals surface area contributed by atoms with Crippen LogP contribution in [0.1, 0.15) is 71.6 Å². The van der Waals surface area contributed by atoms with Gasteiger partial charge in [-0.25, -0.2) is 0 Å². The second-order valence-corrected chi connectivity index (χ2v) is 8.61. The van der Waals surface area contributed by atoms with E-state index in [9.17, 15) is 4.79 Å². The Bertz CT molecular complexity index is 431. The summed E-state index contributed by atoms with van der Waals surface area (Å²) < 4.78 is 5.43. The van der Waals surface area contributed by atoms with Gasteiger partial charge < -0.3 is 4.74 Å². The first kappa shape index (κ1) is 15.0. The summed E-state index contributed by atoms with van der Waals surface area (Å²) in [4.78, 5) is 11.3. The highest BCUT2D eigenvalue weighted by atomic mass is 16.5. The van der Waals surface area contributed by atoms with Crippen LogP contribution in [0.3, 0.4) is 0 Å². The molecule has 2 bridgehead atoms. The average molecular weight is 304 g/mol. The molecule has 4 aliphatic rings. The number of hydrogen-bond acceptors (Lipinski definition) is 2. The highest BCUT2D eigenvalue weighted by Gasteiger charge is 2.59. The minimum absolute atomic E-state index is 0.0330. The van der Waals surface area contributed by atoms with Gasteiger partial charge in [-0.15, -0.1) is 0 Å². The van der Waals surface area contributed by atoms with Crippen LogP contribution in [0.15, 0.2) is 0 Å². The molecule has 4 rings (SSSR count). The van der Waals surface area contributed by atoms with Gasteiger partial charge in [0, 0.05) is 6.42 Å². The van der Waals surface area contributed by atoms with Crippen LogP contribution in [-0.2, 0) is 9.53 Å². The lowest BCUT2D eigenvalue weighted by molar-refractivity contribution is -0.141. The van der Waals surface area contributed by atoms with Crippen molar-refractivity contribution in [3.63, 3.8) is 0 Å². The zero-order valence-electron chi connectivity index (χ0n) is 14.3. The molecule has 0 spiro atoms. The van der Waals surface area contributed by atoms with E-state index in [2.05, 4.69) is 13.8 Å². The van der Waals surface area contributed by atoms with Gasteiger partial charge >= 0.3 is 5.97 Å². The van der Waals surface area contributed by atoms with Crippen molar-refractivity contribution in [2.24, 2.45) is 41.4 Å². The Hall–Kier alpha value is -0.530. The third-order valence-corrected chi connectivity index (χ3v) is 7.84. The van der Waals surface area contributed by atoms with Crippen LogP contribution in [0.2, 0.25) is 0 Å². The number of hydrogen-bond donors (Lipinski definition) is 0. The predicted molar refractivity (Wildman–Crippen MR) is 87.2 cm³/mol. The van der Waals surface area contributed by atoms with Crippen LogP contribution in [0.4, 0.5) is 0 Å².